The van der Waals surface area contributed by atoms with Crippen molar-refractivity contribution in [3.05, 3.63) is 100.0 Å². The standard InChI is InChI=1S/C22H23BrN2O/c1-24(17-20-5-3-2-4-6-20)21-12-14-25(22(26)15-21)13-11-18-7-9-19(16-23)10-8-18/h2-10,12,14-15H,11,13,16-17H2,1H3. The van der Waals surface area contributed by atoms with Crippen molar-refractivity contribution in [1.29, 1.82) is 0 Å². The number of benzene rings is 2. The van der Waals surface area contributed by atoms with Crippen molar-refractivity contribution in [3.63, 3.8) is 0 Å². The molecule has 0 unspecified atom stereocenters. The zero-order valence-corrected chi connectivity index (χ0v) is 16.5. The third-order valence-corrected chi connectivity index (χ3v) is 5.15. The van der Waals surface area contributed by atoms with Crippen molar-refractivity contribution in [2.45, 2.75) is 24.8 Å². The minimum absolute atomic E-state index is 0.0412. The van der Waals surface area contributed by atoms with Gasteiger partial charge < -0.3 is 9.47 Å². The summed E-state index contributed by atoms with van der Waals surface area (Å²) in [7, 11) is 2.01. The lowest BCUT2D eigenvalue weighted by molar-refractivity contribution is 0.668. The van der Waals surface area contributed by atoms with Crippen molar-refractivity contribution in [1.82, 2.24) is 4.57 Å². The number of alkyl halides is 1. The molecule has 0 N–H and O–H groups in total. The fraction of sp³-hybridized carbons (Fsp3) is 0.227. The lowest BCUT2D eigenvalue weighted by Gasteiger charge is -2.19. The van der Waals surface area contributed by atoms with Crippen molar-refractivity contribution in [3.8, 4) is 0 Å². The predicted octanol–water partition coefficient (Wildman–Crippen LogP) is 4.62. The molecule has 3 nitrogen and oxygen atoms in total. The van der Waals surface area contributed by atoms with E-state index >= 15 is 0 Å². The average Bonchev–Trinajstić information content (AvgIpc) is 2.68. The molecule has 0 aliphatic heterocycles. The Bertz CT molecular complexity index is 888. The monoisotopic (exact) mass is 410 g/mol. The Morgan fingerprint density at radius 2 is 1.62 bits per heavy atom. The Morgan fingerprint density at radius 3 is 2.27 bits per heavy atom. The topological polar surface area (TPSA) is 25.2 Å². The van der Waals surface area contributed by atoms with Crippen LogP contribution in [0.3, 0.4) is 0 Å². The molecule has 0 fully saturated rings. The highest BCUT2D eigenvalue weighted by Crippen LogP contribution is 2.13. The number of rotatable bonds is 7. The zero-order valence-electron chi connectivity index (χ0n) is 14.9. The molecule has 0 spiro atoms. The van der Waals surface area contributed by atoms with Crippen LogP contribution in [0.1, 0.15) is 16.7 Å². The maximum Gasteiger partial charge on any atom is 0.252 e. The summed E-state index contributed by atoms with van der Waals surface area (Å²) < 4.78 is 1.78. The number of hydrogen-bond acceptors (Lipinski definition) is 2. The molecule has 0 amide bonds. The molecule has 2 aromatic carbocycles. The molecule has 0 bridgehead atoms. The van der Waals surface area contributed by atoms with Crippen LogP contribution in [0.5, 0.6) is 0 Å². The Hall–Kier alpha value is -2.33. The maximum absolute atomic E-state index is 12.4. The lowest BCUT2D eigenvalue weighted by atomic mass is 10.1. The number of aromatic nitrogens is 1. The van der Waals surface area contributed by atoms with Gasteiger partial charge >= 0.3 is 0 Å². The van der Waals surface area contributed by atoms with Crippen LogP contribution in [0.15, 0.2) is 77.7 Å². The summed E-state index contributed by atoms with van der Waals surface area (Å²) in [5.74, 6) is 0. The smallest absolute Gasteiger partial charge is 0.252 e. The second-order valence-electron chi connectivity index (χ2n) is 6.46. The number of hydrogen-bond donors (Lipinski definition) is 0. The minimum Gasteiger partial charge on any atom is -0.370 e. The molecule has 4 heteroatoms. The molecule has 0 radical (unpaired) electrons. The van der Waals surface area contributed by atoms with Crippen LogP contribution in [0.4, 0.5) is 5.69 Å². The quantitative estimate of drug-likeness (QED) is 0.530. The summed E-state index contributed by atoms with van der Waals surface area (Å²) in [6, 6.07) is 22.5. The third-order valence-electron chi connectivity index (χ3n) is 4.50. The number of nitrogens with zero attached hydrogens (tertiary/aromatic N) is 2. The van der Waals surface area contributed by atoms with Crippen LogP contribution in [0.2, 0.25) is 0 Å². The second kappa shape index (κ2) is 8.86. The van der Waals surface area contributed by atoms with E-state index in [0.717, 1.165) is 24.0 Å². The summed E-state index contributed by atoms with van der Waals surface area (Å²) in [4.78, 5) is 14.5. The first-order valence-corrected chi connectivity index (χ1v) is 9.87. The summed E-state index contributed by atoms with van der Waals surface area (Å²) >= 11 is 3.46. The SMILES string of the molecule is CN(Cc1ccccc1)c1ccn(CCc2ccc(CBr)cc2)c(=O)c1. The van der Waals surface area contributed by atoms with E-state index in [1.807, 2.05) is 37.5 Å². The Labute approximate surface area is 163 Å². The van der Waals surface area contributed by atoms with Gasteiger partial charge in [0.15, 0.2) is 0 Å². The third kappa shape index (κ3) is 4.85. The Kier molecular flexibility index (Phi) is 6.29. The van der Waals surface area contributed by atoms with Gasteiger partial charge in [0.2, 0.25) is 0 Å². The first-order chi connectivity index (χ1) is 12.7. The van der Waals surface area contributed by atoms with Gasteiger partial charge in [-0.15, -0.1) is 0 Å². The van der Waals surface area contributed by atoms with E-state index in [1.54, 1.807) is 10.6 Å². The Balaban J connectivity index is 1.64. The van der Waals surface area contributed by atoms with Gasteiger partial charge in [-0.1, -0.05) is 70.5 Å². The largest absolute Gasteiger partial charge is 0.370 e. The molecule has 0 atom stereocenters. The normalized spacial score (nSPS) is 10.7. The summed E-state index contributed by atoms with van der Waals surface area (Å²) in [6.45, 7) is 1.47. The van der Waals surface area contributed by atoms with Crippen molar-refractivity contribution < 1.29 is 0 Å². The van der Waals surface area contributed by atoms with Crippen LogP contribution >= 0.6 is 15.9 Å². The summed E-state index contributed by atoms with van der Waals surface area (Å²) in [6.07, 6.45) is 2.74. The van der Waals surface area contributed by atoms with Gasteiger partial charge in [0.1, 0.15) is 0 Å². The fourth-order valence-electron chi connectivity index (χ4n) is 2.91. The molecular weight excluding hydrogens is 388 g/mol. The summed E-state index contributed by atoms with van der Waals surface area (Å²) in [5, 5.41) is 0.866. The van der Waals surface area contributed by atoms with E-state index in [2.05, 4.69) is 57.2 Å². The Morgan fingerprint density at radius 1 is 0.923 bits per heavy atom. The van der Waals surface area contributed by atoms with Gasteiger partial charge in [-0.05, 0) is 29.2 Å². The van der Waals surface area contributed by atoms with E-state index in [9.17, 15) is 4.79 Å². The minimum atomic E-state index is 0.0412. The van der Waals surface area contributed by atoms with E-state index in [4.69, 9.17) is 0 Å². The van der Waals surface area contributed by atoms with E-state index in [1.165, 1.54) is 16.7 Å². The molecule has 1 heterocycles. The fourth-order valence-corrected chi connectivity index (χ4v) is 3.29. The lowest BCUT2D eigenvalue weighted by Crippen LogP contribution is -2.23. The van der Waals surface area contributed by atoms with Crippen LogP contribution in [-0.2, 0) is 24.8 Å². The molecule has 134 valence electrons. The van der Waals surface area contributed by atoms with Gasteiger partial charge in [-0.2, -0.15) is 0 Å². The first kappa shape index (κ1) is 18.5. The first-order valence-electron chi connectivity index (χ1n) is 8.75. The molecule has 0 aliphatic carbocycles. The molecule has 0 saturated carbocycles. The van der Waals surface area contributed by atoms with Crippen LogP contribution in [0, 0.1) is 0 Å². The van der Waals surface area contributed by atoms with Gasteiger partial charge in [-0.3, -0.25) is 4.79 Å². The zero-order chi connectivity index (χ0) is 18.4. The van der Waals surface area contributed by atoms with Crippen LogP contribution in [0.25, 0.3) is 0 Å². The molecular formula is C22H23BrN2O. The number of pyridine rings is 1. The van der Waals surface area contributed by atoms with Crippen molar-refractivity contribution >= 4 is 21.6 Å². The number of anilines is 1. The average molecular weight is 411 g/mol. The van der Waals surface area contributed by atoms with Gasteiger partial charge in [0.25, 0.3) is 5.56 Å². The van der Waals surface area contributed by atoms with E-state index in [-0.39, 0.29) is 5.56 Å². The van der Waals surface area contributed by atoms with E-state index in [0.29, 0.717) is 6.54 Å². The van der Waals surface area contributed by atoms with Crippen LogP contribution < -0.4 is 10.5 Å². The molecule has 0 saturated heterocycles. The van der Waals surface area contributed by atoms with Gasteiger partial charge in [-0.25, -0.2) is 0 Å². The molecule has 0 aliphatic rings. The van der Waals surface area contributed by atoms with Gasteiger partial charge in [0, 0.05) is 43.4 Å². The van der Waals surface area contributed by atoms with Crippen LogP contribution in [-0.4, -0.2) is 11.6 Å². The summed E-state index contributed by atoms with van der Waals surface area (Å²) in [5.41, 5.74) is 4.71. The predicted molar refractivity (Wildman–Crippen MR) is 112 cm³/mol. The highest BCUT2D eigenvalue weighted by molar-refractivity contribution is 9.08. The highest BCUT2D eigenvalue weighted by Gasteiger charge is 2.05. The molecule has 1 aromatic heterocycles. The molecule has 26 heavy (non-hydrogen) atoms. The molecule has 3 rings (SSSR count). The van der Waals surface area contributed by atoms with Crippen molar-refractivity contribution in [2.24, 2.45) is 0 Å². The molecule has 3 aromatic rings. The number of halogens is 1. The van der Waals surface area contributed by atoms with E-state index < -0.39 is 0 Å². The second-order valence-corrected chi connectivity index (χ2v) is 7.02. The van der Waals surface area contributed by atoms with Gasteiger partial charge in [0.05, 0.1) is 0 Å². The maximum atomic E-state index is 12.4. The highest BCUT2D eigenvalue weighted by atomic mass is 79.9. The number of aryl methyl sites for hydroxylation is 2. The van der Waals surface area contributed by atoms with Crippen molar-refractivity contribution in [2.75, 3.05) is 11.9 Å².